The predicted molar refractivity (Wildman–Crippen MR) is 132 cm³/mol. The molecule has 6 rings (SSSR count). The molecule has 0 fully saturated rings. The zero-order valence-electron chi connectivity index (χ0n) is 18.4. The lowest BCUT2D eigenvalue weighted by molar-refractivity contribution is 0.0895. The Labute approximate surface area is 197 Å². The molecule has 3 heterocycles. The number of carbonyl (C=O) groups is 1. The van der Waals surface area contributed by atoms with Crippen LogP contribution in [0.3, 0.4) is 0 Å². The maximum absolute atomic E-state index is 14.0. The third kappa shape index (κ3) is 3.05. The fourth-order valence-corrected chi connectivity index (χ4v) is 5.09. The van der Waals surface area contributed by atoms with Crippen molar-refractivity contribution in [2.75, 3.05) is 0 Å². The summed E-state index contributed by atoms with van der Waals surface area (Å²) in [5, 5.41) is 0.671. The van der Waals surface area contributed by atoms with Crippen LogP contribution in [-0.2, 0) is 0 Å². The summed E-state index contributed by atoms with van der Waals surface area (Å²) in [6.07, 6.45) is 1.99. The van der Waals surface area contributed by atoms with Crippen LogP contribution >= 0.6 is 11.6 Å². The van der Waals surface area contributed by atoms with Crippen molar-refractivity contribution in [3.63, 3.8) is 0 Å². The Balaban J connectivity index is 1.68. The summed E-state index contributed by atoms with van der Waals surface area (Å²) in [5.74, 6) is 0.946. The predicted octanol–water partition coefficient (Wildman–Crippen LogP) is 6.80. The number of rotatable bonds is 3. The first-order valence-corrected chi connectivity index (χ1v) is 11.4. The van der Waals surface area contributed by atoms with Gasteiger partial charge in [0.15, 0.2) is 11.6 Å². The first kappa shape index (κ1) is 20.0. The Morgan fingerprint density at radius 3 is 2.39 bits per heavy atom. The molecular weight excluding hydrogens is 430 g/mol. The summed E-state index contributed by atoms with van der Waals surface area (Å²) in [6.45, 7) is 4.22. The third-order valence-corrected chi connectivity index (χ3v) is 6.98. The molecule has 5 aromatic rings. The minimum atomic E-state index is -0.454. The molecule has 33 heavy (non-hydrogen) atoms. The van der Waals surface area contributed by atoms with Crippen molar-refractivity contribution in [1.82, 2.24) is 14.1 Å². The lowest BCUT2D eigenvalue weighted by Crippen LogP contribution is -2.34. The topological polar surface area (TPSA) is 39.8 Å². The summed E-state index contributed by atoms with van der Waals surface area (Å²) < 4.78 is 4.32. The number of hydrogen-bond donors (Lipinski definition) is 0. The summed E-state index contributed by atoms with van der Waals surface area (Å²) in [7, 11) is 0. The first-order valence-electron chi connectivity index (χ1n) is 11.0. The van der Waals surface area contributed by atoms with Crippen LogP contribution in [0, 0.1) is 13.8 Å². The van der Waals surface area contributed by atoms with E-state index in [1.807, 2.05) is 72.9 Å². The molecular formula is C28H22ClN3O. The largest absolute Gasteiger partial charge is 0.332 e. The van der Waals surface area contributed by atoms with Crippen LogP contribution < -0.4 is 0 Å². The lowest BCUT2D eigenvalue weighted by Gasteiger charge is -2.36. The molecule has 1 aliphatic heterocycles. The number of ketones is 1. The second-order valence-corrected chi connectivity index (χ2v) is 9.14. The van der Waals surface area contributed by atoms with E-state index in [1.165, 1.54) is 11.1 Å². The number of fused-ring (bicyclic) bond motifs is 5. The van der Waals surface area contributed by atoms with Gasteiger partial charge in [-0.05, 0) is 66.9 Å². The SMILES string of the molecule is Cc1cc2nc3n(c2cc1C)[C@H](c1ccc(Cl)cc1)[C@@H](C(=O)c1ccccc1)n1cccc1-3. The van der Waals surface area contributed by atoms with Crippen molar-refractivity contribution < 1.29 is 4.79 Å². The zero-order chi connectivity index (χ0) is 22.7. The first-order chi connectivity index (χ1) is 16.0. The van der Waals surface area contributed by atoms with E-state index in [1.54, 1.807) is 0 Å². The molecule has 5 heteroatoms. The van der Waals surface area contributed by atoms with Crippen LogP contribution in [0.4, 0.5) is 0 Å². The zero-order valence-corrected chi connectivity index (χ0v) is 19.1. The lowest BCUT2D eigenvalue weighted by atomic mass is 9.90. The number of carbonyl (C=O) groups excluding carboxylic acids is 1. The van der Waals surface area contributed by atoms with Crippen LogP contribution in [0.1, 0.15) is 39.1 Å². The second-order valence-electron chi connectivity index (χ2n) is 8.70. The number of aryl methyl sites for hydroxylation is 2. The van der Waals surface area contributed by atoms with E-state index in [2.05, 4.69) is 35.1 Å². The Morgan fingerprint density at radius 2 is 1.64 bits per heavy atom. The van der Waals surface area contributed by atoms with Gasteiger partial charge in [0.05, 0.1) is 22.8 Å². The van der Waals surface area contributed by atoms with Crippen LogP contribution in [0.5, 0.6) is 0 Å². The Hall–Kier alpha value is -3.63. The number of Topliss-reactive ketones (excluding diaryl/α,β-unsaturated/α-hetero) is 1. The van der Waals surface area contributed by atoms with E-state index in [4.69, 9.17) is 16.6 Å². The smallest absolute Gasteiger partial charge is 0.188 e. The molecule has 0 amide bonds. The quantitative estimate of drug-likeness (QED) is 0.283. The van der Waals surface area contributed by atoms with Gasteiger partial charge in [0, 0.05) is 16.8 Å². The van der Waals surface area contributed by atoms with Gasteiger partial charge >= 0.3 is 0 Å². The van der Waals surface area contributed by atoms with Crippen molar-refractivity contribution >= 4 is 28.4 Å². The van der Waals surface area contributed by atoms with Crippen LogP contribution in [-0.4, -0.2) is 19.9 Å². The molecule has 2 atom stereocenters. The third-order valence-electron chi connectivity index (χ3n) is 6.73. The maximum Gasteiger partial charge on any atom is 0.188 e. The monoisotopic (exact) mass is 451 g/mol. The molecule has 0 N–H and O–H groups in total. The van der Waals surface area contributed by atoms with Crippen LogP contribution in [0.2, 0.25) is 5.02 Å². The number of nitrogens with zero attached hydrogens (tertiary/aromatic N) is 3. The number of halogens is 1. The van der Waals surface area contributed by atoms with Crippen molar-refractivity contribution in [3.05, 3.63) is 112 Å². The number of aromatic nitrogens is 3. The molecule has 0 aliphatic carbocycles. The van der Waals surface area contributed by atoms with Gasteiger partial charge in [-0.1, -0.05) is 54.1 Å². The molecule has 1 aliphatic rings. The van der Waals surface area contributed by atoms with Gasteiger partial charge in [0.2, 0.25) is 0 Å². The molecule has 162 valence electrons. The van der Waals surface area contributed by atoms with Gasteiger partial charge in [0.1, 0.15) is 6.04 Å². The van der Waals surface area contributed by atoms with E-state index >= 15 is 0 Å². The molecule has 0 bridgehead atoms. The van der Waals surface area contributed by atoms with Crippen molar-refractivity contribution in [2.45, 2.75) is 25.9 Å². The van der Waals surface area contributed by atoms with Crippen molar-refractivity contribution in [2.24, 2.45) is 0 Å². The average Bonchev–Trinajstić information content (AvgIpc) is 3.44. The fourth-order valence-electron chi connectivity index (χ4n) is 4.97. The maximum atomic E-state index is 14.0. The van der Waals surface area contributed by atoms with Crippen molar-refractivity contribution in [3.8, 4) is 11.5 Å². The van der Waals surface area contributed by atoms with E-state index in [-0.39, 0.29) is 11.8 Å². The second kappa shape index (κ2) is 7.46. The summed E-state index contributed by atoms with van der Waals surface area (Å²) in [5.41, 5.74) is 7.04. The Kier molecular flexibility index (Phi) is 4.52. The van der Waals surface area contributed by atoms with Gasteiger partial charge in [-0.25, -0.2) is 4.98 Å². The minimum absolute atomic E-state index is 0.0735. The molecule has 4 nitrogen and oxygen atoms in total. The van der Waals surface area contributed by atoms with Gasteiger partial charge < -0.3 is 9.13 Å². The molecule has 2 aromatic heterocycles. The van der Waals surface area contributed by atoms with E-state index in [9.17, 15) is 4.79 Å². The van der Waals surface area contributed by atoms with E-state index < -0.39 is 6.04 Å². The average molecular weight is 452 g/mol. The molecule has 0 spiro atoms. The molecule has 0 saturated heterocycles. The summed E-state index contributed by atoms with van der Waals surface area (Å²) in [6, 6.07) is 25.0. The minimum Gasteiger partial charge on any atom is -0.332 e. The fraction of sp³-hybridized carbons (Fsp3) is 0.143. The van der Waals surface area contributed by atoms with Gasteiger partial charge in [-0.15, -0.1) is 0 Å². The van der Waals surface area contributed by atoms with Crippen molar-refractivity contribution in [1.29, 1.82) is 0 Å². The van der Waals surface area contributed by atoms with Crippen LogP contribution in [0.15, 0.2) is 85.1 Å². The Morgan fingerprint density at radius 1 is 0.909 bits per heavy atom. The highest BCUT2D eigenvalue weighted by Gasteiger charge is 2.40. The molecule has 0 radical (unpaired) electrons. The number of imidazole rings is 1. The number of benzene rings is 3. The van der Waals surface area contributed by atoms with E-state index in [0.717, 1.165) is 28.1 Å². The highest BCUT2D eigenvalue weighted by Crippen LogP contribution is 2.45. The summed E-state index contributed by atoms with van der Waals surface area (Å²) >= 11 is 6.23. The van der Waals surface area contributed by atoms with Gasteiger partial charge in [-0.2, -0.15) is 0 Å². The number of hydrogen-bond acceptors (Lipinski definition) is 2. The van der Waals surface area contributed by atoms with E-state index in [0.29, 0.717) is 10.6 Å². The highest BCUT2D eigenvalue weighted by atomic mass is 35.5. The molecule has 0 saturated carbocycles. The highest BCUT2D eigenvalue weighted by molar-refractivity contribution is 6.30. The molecule has 3 aromatic carbocycles. The van der Waals surface area contributed by atoms with Gasteiger partial charge in [0.25, 0.3) is 0 Å². The summed E-state index contributed by atoms with van der Waals surface area (Å²) in [4.78, 5) is 19.1. The van der Waals surface area contributed by atoms with Crippen LogP contribution in [0.25, 0.3) is 22.6 Å². The van der Waals surface area contributed by atoms with Gasteiger partial charge in [-0.3, -0.25) is 4.79 Å². The molecule has 0 unspecified atom stereocenters. The standard InChI is InChI=1S/C28H22ClN3O/c1-17-15-22-24(16-18(17)2)32-25(19-10-12-21(29)13-11-19)26(27(33)20-7-4-3-5-8-20)31-14-6-9-23(31)28(32)30-22/h3-16,25-26H,1-2H3/t25-,26+/m1/s1. The normalized spacial score (nSPS) is 17.1. The Bertz CT molecular complexity index is 1510.